The van der Waals surface area contributed by atoms with Crippen LogP contribution < -0.4 is 0 Å². The van der Waals surface area contributed by atoms with Crippen LogP contribution in [0.5, 0.6) is 5.75 Å². The summed E-state index contributed by atoms with van der Waals surface area (Å²) < 4.78 is 0.776. The van der Waals surface area contributed by atoms with Crippen LogP contribution in [0.4, 0.5) is 0 Å². The lowest BCUT2D eigenvalue weighted by Crippen LogP contribution is -2.19. The van der Waals surface area contributed by atoms with Gasteiger partial charge in [0.2, 0.25) is 0 Å². The predicted octanol–water partition coefficient (Wildman–Crippen LogP) is 5.98. The summed E-state index contributed by atoms with van der Waals surface area (Å²) in [6, 6.07) is 11.1. The third kappa shape index (κ3) is 3.72. The van der Waals surface area contributed by atoms with Crippen molar-refractivity contribution in [3.8, 4) is 5.75 Å². The van der Waals surface area contributed by atoms with Gasteiger partial charge in [-0.15, -0.1) is 0 Å². The molecule has 3 heteroatoms. The van der Waals surface area contributed by atoms with Gasteiger partial charge >= 0.3 is 0 Å². The highest BCUT2D eigenvalue weighted by Crippen LogP contribution is 2.40. The second kappa shape index (κ2) is 6.36. The second-order valence-corrected chi connectivity index (χ2v) is 9.08. The van der Waals surface area contributed by atoms with Crippen LogP contribution in [0.25, 0.3) is 0 Å². The Morgan fingerprint density at radius 2 is 1.38 bits per heavy atom. The Hall–Kier alpha value is -1.61. The van der Waals surface area contributed by atoms with Crippen molar-refractivity contribution in [2.75, 3.05) is 0 Å². The number of rotatable bonds is 2. The zero-order valence-corrected chi connectivity index (χ0v) is 16.8. The maximum absolute atomic E-state index is 13.0. The van der Waals surface area contributed by atoms with Gasteiger partial charge in [-0.3, -0.25) is 4.79 Å². The van der Waals surface area contributed by atoms with Gasteiger partial charge in [-0.2, -0.15) is 0 Å². The van der Waals surface area contributed by atoms with Crippen molar-refractivity contribution < 1.29 is 9.90 Å². The van der Waals surface area contributed by atoms with Crippen LogP contribution in [-0.4, -0.2) is 10.9 Å². The van der Waals surface area contributed by atoms with Crippen LogP contribution in [0.3, 0.4) is 0 Å². The highest BCUT2D eigenvalue weighted by Gasteiger charge is 2.28. The summed E-state index contributed by atoms with van der Waals surface area (Å²) in [6.07, 6.45) is 0. The van der Waals surface area contributed by atoms with Crippen LogP contribution in [-0.2, 0) is 10.8 Å². The molecule has 0 fully saturated rings. The Balaban J connectivity index is 2.72. The van der Waals surface area contributed by atoms with Gasteiger partial charge in [0.25, 0.3) is 0 Å². The topological polar surface area (TPSA) is 37.3 Å². The molecule has 0 aliphatic rings. The van der Waals surface area contributed by atoms with Crippen molar-refractivity contribution in [3.05, 3.63) is 63.1 Å². The first-order valence-electron chi connectivity index (χ1n) is 8.10. The molecule has 0 saturated carbocycles. The van der Waals surface area contributed by atoms with Gasteiger partial charge in [0.1, 0.15) is 5.75 Å². The molecule has 0 radical (unpaired) electrons. The number of halogens is 1. The average Bonchev–Trinajstić information content (AvgIpc) is 2.45. The summed E-state index contributed by atoms with van der Waals surface area (Å²) in [6.45, 7) is 12.3. The molecule has 0 atom stereocenters. The molecule has 0 saturated heterocycles. The minimum Gasteiger partial charge on any atom is -0.507 e. The third-order valence-corrected chi connectivity index (χ3v) is 4.80. The number of benzene rings is 2. The second-order valence-electron chi connectivity index (χ2n) is 8.23. The minimum atomic E-state index is -0.256. The van der Waals surface area contributed by atoms with Crippen molar-refractivity contribution in [1.82, 2.24) is 0 Å². The molecule has 2 aromatic rings. The van der Waals surface area contributed by atoms with Gasteiger partial charge in [0.05, 0.1) is 0 Å². The van der Waals surface area contributed by atoms with Crippen molar-refractivity contribution in [2.45, 2.75) is 52.4 Å². The maximum atomic E-state index is 13.0. The zero-order valence-electron chi connectivity index (χ0n) is 15.2. The first kappa shape index (κ1) is 18.7. The van der Waals surface area contributed by atoms with Crippen LogP contribution in [0.1, 0.15) is 68.6 Å². The quantitative estimate of drug-likeness (QED) is 0.642. The number of phenols is 1. The summed E-state index contributed by atoms with van der Waals surface area (Å²) in [4.78, 5) is 13.0. The SMILES string of the molecule is CC(C)(C)c1cc(C(=O)c2ccccc2Br)cc(C(C)(C)C)c1O. The first-order valence-corrected chi connectivity index (χ1v) is 8.89. The van der Waals surface area contributed by atoms with Crippen molar-refractivity contribution in [1.29, 1.82) is 0 Å². The van der Waals surface area contributed by atoms with E-state index in [0.717, 1.165) is 15.6 Å². The van der Waals surface area contributed by atoms with Crippen LogP contribution in [0, 0.1) is 0 Å². The number of carbonyl (C=O) groups excluding carboxylic acids is 1. The molecule has 128 valence electrons. The molecular weight excluding hydrogens is 364 g/mol. The molecule has 0 aromatic heterocycles. The molecule has 0 unspecified atom stereocenters. The van der Waals surface area contributed by atoms with E-state index in [9.17, 15) is 9.90 Å². The lowest BCUT2D eigenvalue weighted by atomic mass is 9.78. The molecule has 24 heavy (non-hydrogen) atoms. The Morgan fingerprint density at radius 1 is 0.917 bits per heavy atom. The molecule has 0 bridgehead atoms. The number of ketones is 1. The van der Waals surface area contributed by atoms with Gasteiger partial charge in [-0.25, -0.2) is 0 Å². The lowest BCUT2D eigenvalue weighted by Gasteiger charge is -2.28. The highest BCUT2D eigenvalue weighted by molar-refractivity contribution is 9.10. The largest absolute Gasteiger partial charge is 0.507 e. The number of phenolic OH excluding ortho intramolecular Hbond substituents is 1. The van der Waals surface area contributed by atoms with E-state index in [1.165, 1.54) is 0 Å². The molecule has 1 N–H and O–H groups in total. The normalized spacial score (nSPS) is 12.3. The minimum absolute atomic E-state index is 0.0431. The summed E-state index contributed by atoms with van der Waals surface area (Å²) in [5.41, 5.74) is 2.32. The molecule has 0 aliphatic heterocycles. The number of aromatic hydroxyl groups is 1. The predicted molar refractivity (Wildman–Crippen MR) is 103 cm³/mol. The van der Waals surface area contributed by atoms with Gasteiger partial charge in [0.15, 0.2) is 5.78 Å². The number of carbonyl (C=O) groups is 1. The smallest absolute Gasteiger partial charge is 0.194 e. The summed E-state index contributed by atoms with van der Waals surface area (Å²) in [7, 11) is 0. The van der Waals surface area contributed by atoms with Gasteiger partial charge in [-0.1, -0.05) is 69.6 Å². The van der Waals surface area contributed by atoms with E-state index in [2.05, 4.69) is 15.9 Å². The Labute approximate surface area is 153 Å². The average molecular weight is 389 g/mol. The van der Waals surface area contributed by atoms with E-state index in [4.69, 9.17) is 0 Å². The molecular formula is C21H25BrO2. The van der Waals surface area contributed by atoms with Crippen LogP contribution >= 0.6 is 15.9 Å². The van der Waals surface area contributed by atoms with Gasteiger partial charge in [-0.05, 0) is 35.1 Å². The summed E-state index contributed by atoms with van der Waals surface area (Å²) in [5.74, 6) is 0.247. The van der Waals surface area contributed by atoms with Crippen molar-refractivity contribution >= 4 is 21.7 Å². The Morgan fingerprint density at radius 3 is 1.79 bits per heavy atom. The Bertz CT molecular complexity index is 742. The van der Waals surface area contributed by atoms with Gasteiger partial charge < -0.3 is 5.11 Å². The van der Waals surface area contributed by atoms with E-state index in [-0.39, 0.29) is 16.6 Å². The summed E-state index contributed by atoms with van der Waals surface area (Å²) in [5, 5.41) is 10.8. The fraction of sp³-hybridized carbons (Fsp3) is 0.381. The Kier molecular flexibility index (Phi) is 4.96. The monoisotopic (exact) mass is 388 g/mol. The zero-order chi connectivity index (χ0) is 18.3. The fourth-order valence-electron chi connectivity index (χ4n) is 2.71. The van der Waals surface area contributed by atoms with Crippen LogP contribution in [0.15, 0.2) is 40.9 Å². The standard InChI is InChI=1S/C21H25BrO2/c1-20(2,3)15-11-13(12-16(19(15)24)21(4,5)6)18(23)14-9-7-8-10-17(14)22/h7-12,24H,1-6H3. The number of hydrogen-bond donors (Lipinski definition) is 1. The molecule has 2 aromatic carbocycles. The highest BCUT2D eigenvalue weighted by atomic mass is 79.9. The molecule has 0 spiro atoms. The van der Waals surface area contributed by atoms with E-state index < -0.39 is 0 Å². The molecule has 2 rings (SSSR count). The fourth-order valence-corrected chi connectivity index (χ4v) is 3.17. The summed E-state index contributed by atoms with van der Waals surface area (Å²) >= 11 is 3.45. The van der Waals surface area contributed by atoms with E-state index >= 15 is 0 Å². The molecule has 0 aliphatic carbocycles. The van der Waals surface area contributed by atoms with E-state index in [1.807, 2.05) is 77.9 Å². The first-order chi connectivity index (χ1) is 10.9. The van der Waals surface area contributed by atoms with Crippen molar-refractivity contribution in [3.63, 3.8) is 0 Å². The van der Waals surface area contributed by atoms with E-state index in [0.29, 0.717) is 16.9 Å². The van der Waals surface area contributed by atoms with Gasteiger partial charge in [0, 0.05) is 26.7 Å². The van der Waals surface area contributed by atoms with E-state index in [1.54, 1.807) is 0 Å². The molecule has 0 heterocycles. The lowest BCUT2D eigenvalue weighted by molar-refractivity contribution is 0.103. The van der Waals surface area contributed by atoms with Crippen LogP contribution in [0.2, 0.25) is 0 Å². The molecule has 2 nitrogen and oxygen atoms in total. The number of hydrogen-bond acceptors (Lipinski definition) is 2. The van der Waals surface area contributed by atoms with Crippen molar-refractivity contribution in [2.24, 2.45) is 0 Å². The molecule has 0 amide bonds. The maximum Gasteiger partial charge on any atom is 0.194 e. The third-order valence-electron chi connectivity index (χ3n) is 4.11.